The Morgan fingerprint density at radius 1 is 1.05 bits per heavy atom. The Bertz CT molecular complexity index is 700. The van der Waals surface area contributed by atoms with Crippen LogP contribution in [0, 0.1) is 0 Å². The van der Waals surface area contributed by atoms with Crippen LogP contribution in [-0.4, -0.2) is 5.78 Å². The Balaban J connectivity index is 2.17. The van der Waals surface area contributed by atoms with E-state index in [4.69, 9.17) is 5.73 Å². The van der Waals surface area contributed by atoms with E-state index in [1.54, 1.807) is 49.4 Å². The fraction of sp³-hybridized carbons (Fsp3) is 0.118. The van der Waals surface area contributed by atoms with Crippen molar-refractivity contribution in [3.8, 4) is 0 Å². The lowest BCUT2D eigenvalue weighted by Crippen LogP contribution is -1.99. The highest BCUT2D eigenvalue weighted by molar-refractivity contribution is 6.08. The number of ketones is 1. The zero-order valence-corrected chi connectivity index (χ0v) is 12.1. The molecule has 0 saturated carbocycles. The zero-order chi connectivity index (χ0) is 15.2. The molecule has 2 rings (SSSR count). The number of allylic oxidation sites excluding steroid dienone is 2. The molecule has 106 valence electrons. The van der Waals surface area contributed by atoms with E-state index in [-0.39, 0.29) is 5.78 Å². The summed E-state index contributed by atoms with van der Waals surface area (Å²) < 4.78 is 0. The summed E-state index contributed by atoms with van der Waals surface area (Å²) in [7, 11) is 0. The lowest BCUT2D eigenvalue weighted by Gasteiger charge is -2.01. The number of nitrogen functional groups attached to an aromatic ring is 1. The molecule has 2 aromatic carbocycles. The first kappa shape index (κ1) is 14.7. The molecular weight excluding hydrogens is 262 g/mol. The molecule has 0 saturated heterocycles. The molecule has 21 heavy (non-hydrogen) atoms. The third-order valence-electron chi connectivity index (χ3n) is 3.13. The third kappa shape index (κ3) is 3.63. The van der Waals surface area contributed by atoms with Crippen LogP contribution < -0.4 is 5.73 Å². The number of anilines is 1. The summed E-state index contributed by atoms with van der Waals surface area (Å²) in [6, 6.07) is 14.3. The van der Waals surface area contributed by atoms with Crippen LogP contribution in [0.4, 0.5) is 17.1 Å². The average Bonchev–Trinajstić information content (AvgIpc) is 2.53. The molecule has 0 fully saturated rings. The number of hydrogen-bond donors (Lipinski definition) is 1. The molecule has 0 amide bonds. The predicted octanol–water partition coefficient (Wildman–Crippen LogP) is 4.83. The maximum atomic E-state index is 12.0. The van der Waals surface area contributed by atoms with Gasteiger partial charge in [0.25, 0.3) is 0 Å². The molecule has 0 bridgehead atoms. The van der Waals surface area contributed by atoms with Crippen LogP contribution >= 0.6 is 0 Å². The molecular formula is C17H17N3O. The van der Waals surface area contributed by atoms with Gasteiger partial charge < -0.3 is 5.73 Å². The number of nitrogens with two attached hydrogens (primary N) is 1. The first-order valence-electron chi connectivity index (χ1n) is 6.65. The van der Waals surface area contributed by atoms with Crippen LogP contribution in [0.3, 0.4) is 0 Å². The Morgan fingerprint density at radius 3 is 2.33 bits per heavy atom. The van der Waals surface area contributed by atoms with E-state index in [2.05, 4.69) is 10.2 Å². The summed E-state index contributed by atoms with van der Waals surface area (Å²) in [4.78, 5) is 12.0. The molecule has 2 N–H and O–H groups in total. The summed E-state index contributed by atoms with van der Waals surface area (Å²) in [5, 5.41) is 8.23. The molecule has 2 aromatic rings. The van der Waals surface area contributed by atoms with Crippen LogP contribution in [0.25, 0.3) is 0 Å². The number of para-hydroxylation sites is 1. The van der Waals surface area contributed by atoms with Crippen molar-refractivity contribution in [1.29, 1.82) is 0 Å². The van der Waals surface area contributed by atoms with Gasteiger partial charge in [-0.3, -0.25) is 4.79 Å². The molecule has 0 radical (unpaired) electrons. The normalized spacial score (nSPS) is 11.8. The lowest BCUT2D eigenvalue weighted by molar-refractivity contribution is 0.103. The van der Waals surface area contributed by atoms with Crippen LogP contribution in [0.1, 0.15) is 24.2 Å². The van der Waals surface area contributed by atoms with Gasteiger partial charge in [-0.15, -0.1) is 5.11 Å². The SMILES string of the molecule is CC=C(C)C(=O)c1ccc(N=Nc2ccccc2N)cc1. The first-order chi connectivity index (χ1) is 10.1. The van der Waals surface area contributed by atoms with Gasteiger partial charge in [0.1, 0.15) is 5.69 Å². The highest BCUT2D eigenvalue weighted by Gasteiger charge is 2.06. The topological polar surface area (TPSA) is 67.8 Å². The molecule has 0 aliphatic carbocycles. The maximum absolute atomic E-state index is 12.0. The molecule has 0 aliphatic rings. The van der Waals surface area contributed by atoms with Crippen LogP contribution in [0.5, 0.6) is 0 Å². The largest absolute Gasteiger partial charge is 0.397 e. The number of hydrogen-bond acceptors (Lipinski definition) is 4. The Labute approximate surface area is 124 Å². The molecule has 0 aromatic heterocycles. The first-order valence-corrected chi connectivity index (χ1v) is 6.65. The van der Waals surface area contributed by atoms with Gasteiger partial charge in [0, 0.05) is 5.56 Å². The number of rotatable bonds is 4. The van der Waals surface area contributed by atoms with Gasteiger partial charge in [-0.05, 0) is 55.8 Å². The van der Waals surface area contributed by atoms with Crippen molar-refractivity contribution in [3.63, 3.8) is 0 Å². The Hall–Kier alpha value is -2.75. The minimum absolute atomic E-state index is 0.0216. The van der Waals surface area contributed by atoms with Crippen molar-refractivity contribution >= 4 is 22.8 Å². The second kappa shape index (κ2) is 6.61. The number of Topliss-reactive ketones (excluding diaryl/α,β-unsaturated/α-hetero) is 1. The number of carbonyl (C=O) groups excluding carboxylic acids is 1. The van der Waals surface area contributed by atoms with Crippen molar-refractivity contribution in [2.45, 2.75) is 13.8 Å². The molecule has 4 heteroatoms. The van der Waals surface area contributed by atoms with Gasteiger partial charge in [0.2, 0.25) is 0 Å². The van der Waals surface area contributed by atoms with Gasteiger partial charge in [-0.25, -0.2) is 0 Å². The molecule has 0 spiro atoms. The number of azo groups is 1. The highest BCUT2D eigenvalue weighted by atomic mass is 16.1. The van der Waals surface area contributed by atoms with Crippen molar-refractivity contribution in [2.75, 3.05) is 5.73 Å². The summed E-state index contributed by atoms with van der Waals surface area (Å²) in [6.45, 7) is 3.65. The van der Waals surface area contributed by atoms with Crippen molar-refractivity contribution < 1.29 is 4.79 Å². The minimum atomic E-state index is 0.0216. The van der Waals surface area contributed by atoms with Crippen molar-refractivity contribution in [2.24, 2.45) is 10.2 Å². The summed E-state index contributed by atoms with van der Waals surface area (Å²) >= 11 is 0. The number of nitrogens with zero attached hydrogens (tertiary/aromatic N) is 2. The molecule has 0 atom stereocenters. The fourth-order valence-corrected chi connectivity index (χ4v) is 1.73. The smallest absolute Gasteiger partial charge is 0.188 e. The zero-order valence-electron chi connectivity index (χ0n) is 12.1. The second-order valence-corrected chi connectivity index (χ2v) is 4.61. The maximum Gasteiger partial charge on any atom is 0.188 e. The predicted molar refractivity (Wildman–Crippen MR) is 85.2 cm³/mol. The van der Waals surface area contributed by atoms with Gasteiger partial charge >= 0.3 is 0 Å². The number of benzene rings is 2. The Morgan fingerprint density at radius 2 is 1.71 bits per heavy atom. The van der Waals surface area contributed by atoms with Crippen LogP contribution in [0.2, 0.25) is 0 Å². The van der Waals surface area contributed by atoms with Crippen molar-refractivity contribution in [1.82, 2.24) is 0 Å². The van der Waals surface area contributed by atoms with Gasteiger partial charge in [0.15, 0.2) is 5.78 Å². The summed E-state index contributed by atoms with van der Waals surface area (Å²) in [6.07, 6.45) is 1.80. The van der Waals surface area contributed by atoms with Crippen LogP contribution in [-0.2, 0) is 0 Å². The van der Waals surface area contributed by atoms with E-state index >= 15 is 0 Å². The van der Waals surface area contributed by atoms with Crippen LogP contribution in [0.15, 0.2) is 70.4 Å². The highest BCUT2D eigenvalue weighted by Crippen LogP contribution is 2.24. The van der Waals surface area contributed by atoms with E-state index < -0.39 is 0 Å². The van der Waals surface area contributed by atoms with E-state index in [0.717, 1.165) is 5.57 Å². The van der Waals surface area contributed by atoms with E-state index in [0.29, 0.717) is 22.6 Å². The molecule has 0 heterocycles. The number of carbonyl (C=O) groups is 1. The molecule has 0 aliphatic heterocycles. The molecule has 4 nitrogen and oxygen atoms in total. The van der Waals surface area contributed by atoms with E-state index in [1.165, 1.54) is 0 Å². The van der Waals surface area contributed by atoms with E-state index in [9.17, 15) is 4.79 Å². The lowest BCUT2D eigenvalue weighted by atomic mass is 10.0. The minimum Gasteiger partial charge on any atom is -0.397 e. The van der Waals surface area contributed by atoms with E-state index in [1.807, 2.05) is 19.1 Å². The monoisotopic (exact) mass is 279 g/mol. The van der Waals surface area contributed by atoms with Gasteiger partial charge in [0.05, 0.1) is 11.4 Å². The average molecular weight is 279 g/mol. The molecule has 0 unspecified atom stereocenters. The van der Waals surface area contributed by atoms with Gasteiger partial charge in [-0.1, -0.05) is 18.2 Å². The quantitative estimate of drug-likeness (QED) is 0.377. The summed E-state index contributed by atoms with van der Waals surface area (Å²) in [5.74, 6) is 0.0216. The third-order valence-corrected chi connectivity index (χ3v) is 3.13. The van der Waals surface area contributed by atoms with Crippen molar-refractivity contribution in [3.05, 3.63) is 65.7 Å². The Kier molecular flexibility index (Phi) is 4.61. The summed E-state index contributed by atoms with van der Waals surface area (Å²) in [5.41, 5.74) is 9.04. The fourth-order valence-electron chi connectivity index (χ4n) is 1.73. The van der Waals surface area contributed by atoms with Gasteiger partial charge in [-0.2, -0.15) is 5.11 Å². The standard InChI is InChI=1S/C17H17N3O/c1-3-12(2)17(21)13-8-10-14(11-9-13)19-20-16-7-5-4-6-15(16)18/h3-11H,18H2,1-2H3. The second-order valence-electron chi connectivity index (χ2n) is 4.61.